The number of ether oxygens (including phenoxy) is 2. The second-order valence-corrected chi connectivity index (χ2v) is 5.85. The maximum atomic E-state index is 11.5. The van der Waals surface area contributed by atoms with Crippen LogP contribution in [0.15, 0.2) is 12.1 Å². The number of rotatable bonds is 2. The standard InChI is InChI=1S/C15H15Cl2NO3/c1-3-15(21-8(2)19)14-9(6-7-20-15)12-11(18-14)5-4-10(16)13(12)17/h4-5,18H,3,6-7H2,1-2H3. The van der Waals surface area contributed by atoms with Gasteiger partial charge in [-0.3, -0.25) is 4.79 Å². The van der Waals surface area contributed by atoms with Crippen LogP contribution in [0.25, 0.3) is 10.9 Å². The first-order valence-corrected chi connectivity index (χ1v) is 7.56. The number of carbonyl (C=O) groups is 1. The number of aromatic amines is 1. The first-order valence-electron chi connectivity index (χ1n) is 6.81. The molecule has 0 aliphatic carbocycles. The van der Waals surface area contributed by atoms with Crippen molar-refractivity contribution < 1.29 is 14.3 Å². The number of esters is 1. The molecule has 0 fully saturated rings. The van der Waals surface area contributed by atoms with Crippen LogP contribution in [-0.2, 0) is 26.5 Å². The fourth-order valence-electron chi connectivity index (χ4n) is 2.91. The third-order valence-corrected chi connectivity index (χ3v) is 4.60. The van der Waals surface area contributed by atoms with Crippen LogP contribution in [0.1, 0.15) is 31.5 Å². The van der Waals surface area contributed by atoms with Crippen molar-refractivity contribution in [1.82, 2.24) is 4.98 Å². The minimum atomic E-state index is -1.08. The zero-order chi connectivity index (χ0) is 15.2. The quantitative estimate of drug-likeness (QED) is 0.842. The molecular weight excluding hydrogens is 313 g/mol. The van der Waals surface area contributed by atoms with Crippen LogP contribution in [0.2, 0.25) is 10.0 Å². The van der Waals surface area contributed by atoms with E-state index in [1.165, 1.54) is 6.92 Å². The number of hydrogen-bond donors (Lipinski definition) is 1. The van der Waals surface area contributed by atoms with Gasteiger partial charge in [0.25, 0.3) is 5.79 Å². The summed E-state index contributed by atoms with van der Waals surface area (Å²) in [5, 5.41) is 1.90. The SMILES string of the molecule is CCC1(OC(C)=O)OCCc2c1[nH]c1ccc(Cl)c(Cl)c21. The summed E-state index contributed by atoms with van der Waals surface area (Å²) in [5.41, 5.74) is 2.63. The molecule has 1 aromatic carbocycles. The Balaban J connectivity index is 2.27. The number of halogens is 2. The minimum Gasteiger partial charge on any atom is -0.427 e. The van der Waals surface area contributed by atoms with E-state index >= 15 is 0 Å². The fraction of sp³-hybridized carbons (Fsp3) is 0.400. The Morgan fingerprint density at radius 2 is 2.24 bits per heavy atom. The van der Waals surface area contributed by atoms with Crippen LogP contribution < -0.4 is 0 Å². The largest absolute Gasteiger partial charge is 0.427 e. The van der Waals surface area contributed by atoms with Gasteiger partial charge < -0.3 is 14.5 Å². The Bertz CT molecular complexity index is 725. The van der Waals surface area contributed by atoms with Crippen LogP contribution >= 0.6 is 23.2 Å². The molecule has 0 amide bonds. The number of benzene rings is 1. The Labute approximate surface area is 132 Å². The summed E-state index contributed by atoms with van der Waals surface area (Å²) in [4.78, 5) is 14.7. The average Bonchev–Trinajstić information content (AvgIpc) is 2.83. The lowest BCUT2D eigenvalue weighted by Gasteiger charge is -2.35. The molecule has 1 N–H and O–H groups in total. The number of H-pyrrole nitrogens is 1. The highest BCUT2D eigenvalue weighted by Gasteiger charge is 2.42. The molecule has 0 saturated carbocycles. The highest BCUT2D eigenvalue weighted by Crippen LogP contribution is 2.43. The Kier molecular flexibility index (Phi) is 3.64. The van der Waals surface area contributed by atoms with Crippen LogP contribution in [0.3, 0.4) is 0 Å². The lowest BCUT2D eigenvalue weighted by molar-refractivity contribution is -0.245. The normalized spacial score (nSPS) is 21.3. The van der Waals surface area contributed by atoms with Gasteiger partial charge in [0.05, 0.1) is 22.3 Å². The zero-order valence-electron chi connectivity index (χ0n) is 11.8. The molecule has 1 aromatic heterocycles. The van der Waals surface area contributed by atoms with Crippen molar-refractivity contribution >= 4 is 40.1 Å². The molecule has 1 unspecified atom stereocenters. The molecule has 2 aromatic rings. The molecule has 6 heteroatoms. The molecule has 0 bridgehead atoms. The predicted octanol–water partition coefficient (Wildman–Crippen LogP) is 4.17. The molecule has 2 heterocycles. The number of carbonyl (C=O) groups excluding carboxylic acids is 1. The lowest BCUT2D eigenvalue weighted by atomic mass is 9.98. The lowest BCUT2D eigenvalue weighted by Crippen LogP contribution is -2.39. The van der Waals surface area contributed by atoms with E-state index in [0.29, 0.717) is 29.5 Å². The molecule has 0 radical (unpaired) electrons. The van der Waals surface area contributed by atoms with E-state index in [-0.39, 0.29) is 5.97 Å². The number of hydrogen-bond acceptors (Lipinski definition) is 3. The fourth-order valence-corrected chi connectivity index (χ4v) is 3.35. The summed E-state index contributed by atoms with van der Waals surface area (Å²) in [6.45, 7) is 3.75. The van der Waals surface area contributed by atoms with Crippen molar-refractivity contribution in [2.75, 3.05) is 6.61 Å². The Morgan fingerprint density at radius 3 is 2.90 bits per heavy atom. The number of nitrogens with one attached hydrogen (secondary N) is 1. The van der Waals surface area contributed by atoms with E-state index in [0.717, 1.165) is 22.2 Å². The van der Waals surface area contributed by atoms with Gasteiger partial charge in [0, 0.05) is 24.2 Å². The Hall–Kier alpha value is -1.23. The third kappa shape index (κ3) is 2.22. The second-order valence-electron chi connectivity index (χ2n) is 5.06. The highest BCUT2D eigenvalue weighted by molar-refractivity contribution is 6.45. The molecule has 0 saturated heterocycles. The Morgan fingerprint density at radius 1 is 1.48 bits per heavy atom. The summed E-state index contributed by atoms with van der Waals surface area (Å²) in [5.74, 6) is -1.46. The maximum absolute atomic E-state index is 11.5. The highest BCUT2D eigenvalue weighted by atomic mass is 35.5. The van der Waals surface area contributed by atoms with Gasteiger partial charge in [0.1, 0.15) is 0 Å². The topological polar surface area (TPSA) is 51.3 Å². The van der Waals surface area contributed by atoms with Gasteiger partial charge in [0.15, 0.2) is 0 Å². The summed E-state index contributed by atoms with van der Waals surface area (Å²) in [6, 6.07) is 3.62. The van der Waals surface area contributed by atoms with Gasteiger partial charge in [0.2, 0.25) is 0 Å². The van der Waals surface area contributed by atoms with E-state index in [1.807, 2.05) is 13.0 Å². The molecule has 1 aliphatic heterocycles. The summed E-state index contributed by atoms with van der Waals surface area (Å²) < 4.78 is 11.3. The van der Waals surface area contributed by atoms with Gasteiger partial charge >= 0.3 is 5.97 Å². The van der Waals surface area contributed by atoms with Crippen molar-refractivity contribution in [2.24, 2.45) is 0 Å². The first-order chi connectivity index (χ1) is 9.98. The van der Waals surface area contributed by atoms with Crippen molar-refractivity contribution in [3.8, 4) is 0 Å². The minimum absolute atomic E-state index is 0.382. The summed E-state index contributed by atoms with van der Waals surface area (Å²) in [7, 11) is 0. The third-order valence-electron chi connectivity index (χ3n) is 3.80. The monoisotopic (exact) mass is 327 g/mol. The van der Waals surface area contributed by atoms with Crippen LogP contribution in [0, 0.1) is 0 Å². The maximum Gasteiger partial charge on any atom is 0.305 e. The van der Waals surface area contributed by atoms with Crippen molar-refractivity contribution in [3.63, 3.8) is 0 Å². The predicted molar refractivity (Wildman–Crippen MR) is 81.7 cm³/mol. The van der Waals surface area contributed by atoms with E-state index in [9.17, 15) is 4.79 Å². The smallest absolute Gasteiger partial charge is 0.305 e. The van der Waals surface area contributed by atoms with Crippen LogP contribution in [0.4, 0.5) is 0 Å². The molecule has 0 spiro atoms. The second kappa shape index (κ2) is 5.20. The van der Waals surface area contributed by atoms with Crippen molar-refractivity contribution in [3.05, 3.63) is 33.4 Å². The van der Waals surface area contributed by atoms with Gasteiger partial charge in [-0.2, -0.15) is 0 Å². The number of fused-ring (bicyclic) bond motifs is 3. The molecule has 1 aliphatic rings. The van der Waals surface area contributed by atoms with Crippen LogP contribution in [-0.4, -0.2) is 17.6 Å². The van der Waals surface area contributed by atoms with Crippen molar-refractivity contribution in [1.29, 1.82) is 0 Å². The molecule has 112 valence electrons. The summed E-state index contributed by atoms with van der Waals surface area (Å²) in [6.07, 6.45) is 1.20. The van der Waals surface area contributed by atoms with Gasteiger partial charge in [-0.1, -0.05) is 30.1 Å². The van der Waals surface area contributed by atoms with E-state index in [4.69, 9.17) is 32.7 Å². The van der Waals surface area contributed by atoms with E-state index in [2.05, 4.69) is 4.98 Å². The molecule has 21 heavy (non-hydrogen) atoms. The molecular formula is C15H15Cl2NO3. The number of aromatic nitrogens is 1. The summed E-state index contributed by atoms with van der Waals surface area (Å²) >= 11 is 12.5. The van der Waals surface area contributed by atoms with Crippen molar-refractivity contribution in [2.45, 2.75) is 32.5 Å². The zero-order valence-corrected chi connectivity index (χ0v) is 13.3. The van der Waals surface area contributed by atoms with E-state index < -0.39 is 5.79 Å². The van der Waals surface area contributed by atoms with E-state index in [1.54, 1.807) is 6.07 Å². The van der Waals surface area contributed by atoms with Crippen LogP contribution in [0.5, 0.6) is 0 Å². The average molecular weight is 328 g/mol. The molecule has 3 rings (SSSR count). The van der Waals surface area contributed by atoms with Gasteiger partial charge in [-0.15, -0.1) is 0 Å². The van der Waals surface area contributed by atoms with Gasteiger partial charge in [-0.05, 0) is 24.1 Å². The first kappa shape index (κ1) is 14.7. The molecule has 1 atom stereocenters. The molecule has 4 nitrogen and oxygen atoms in total. The van der Waals surface area contributed by atoms with Gasteiger partial charge in [-0.25, -0.2) is 0 Å².